The summed E-state index contributed by atoms with van der Waals surface area (Å²) in [6, 6.07) is 1.83. The van der Waals surface area contributed by atoms with Gasteiger partial charge in [0.1, 0.15) is 12.4 Å². The van der Waals surface area contributed by atoms with Crippen molar-refractivity contribution < 1.29 is 14.3 Å². The highest BCUT2D eigenvalue weighted by Crippen LogP contribution is 2.41. The number of hydrogen-bond donors (Lipinski definition) is 2. The lowest BCUT2D eigenvalue weighted by Gasteiger charge is -2.13. The standard InChI is InChI=1S/C17H19ClN2O3/c1-8-6-12(23-7-9(2)21)14-13-10(3)17(22)19-5-4-11(13)20-16(14)15(8)18/h6,10,20H,4-5,7H2,1-3H3,(H,19,22). The molecule has 2 aromatic rings. The van der Waals surface area contributed by atoms with E-state index in [1.165, 1.54) is 6.92 Å². The first-order chi connectivity index (χ1) is 10.9. The third kappa shape index (κ3) is 2.70. The maximum Gasteiger partial charge on any atom is 0.227 e. The van der Waals surface area contributed by atoms with Gasteiger partial charge in [0, 0.05) is 24.0 Å². The van der Waals surface area contributed by atoms with Crippen molar-refractivity contribution in [3.8, 4) is 5.75 Å². The summed E-state index contributed by atoms with van der Waals surface area (Å²) in [4.78, 5) is 26.8. The van der Waals surface area contributed by atoms with Gasteiger partial charge in [-0.15, -0.1) is 0 Å². The highest BCUT2D eigenvalue weighted by molar-refractivity contribution is 6.36. The van der Waals surface area contributed by atoms with Crippen LogP contribution in [0.4, 0.5) is 0 Å². The summed E-state index contributed by atoms with van der Waals surface area (Å²) in [6.07, 6.45) is 0.710. The second-order valence-corrected chi connectivity index (χ2v) is 6.40. The number of ether oxygens (including phenoxy) is 1. The molecule has 0 fully saturated rings. The van der Waals surface area contributed by atoms with Crippen LogP contribution in [0.25, 0.3) is 10.9 Å². The molecule has 0 aliphatic carbocycles. The number of nitrogens with one attached hydrogen (secondary N) is 2. The fraction of sp³-hybridized carbons (Fsp3) is 0.412. The molecular weight excluding hydrogens is 316 g/mol. The summed E-state index contributed by atoms with van der Waals surface area (Å²) in [6.45, 7) is 5.83. The minimum absolute atomic E-state index is 0.00327. The molecule has 0 spiro atoms. The summed E-state index contributed by atoms with van der Waals surface area (Å²) < 4.78 is 5.71. The summed E-state index contributed by atoms with van der Waals surface area (Å²) >= 11 is 6.45. The third-order valence-electron chi connectivity index (χ3n) is 4.21. The van der Waals surface area contributed by atoms with Gasteiger partial charge in [0.2, 0.25) is 5.91 Å². The molecule has 0 bridgehead atoms. The molecule has 0 saturated carbocycles. The maximum atomic E-state index is 12.2. The first kappa shape index (κ1) is 15.9. The largest absolute Gasteiger partial charge is 0.485 e. The zero-order valence-electron chi connectivity index (χ0n) is 13.4. The van der Waals surface area contributed by atoms with Crippen LogP contribution >= 0.6 is 11.6 Å². The number of benzene rings is 1. The molecular formula is C17H19ClN2O3. The van der Waals surface area contributed by atoms with Crippen molar-refractivity contribution in [3.63, 3.8) is 0 Å². The molecule has 5 nitrogen and oxygen atoms in total. The van der Waals surface area contributed by atoms with Crippen LogP contribution in [0.2, 0.25) is 5.02 Å². The van der Waals surface area contributed by atoms with E-state index in [9.17, 15) is 9.59 Å². The number of amides is 1. The van der Waals surface area contributed by atoms with Gasteiger partial charge in [-0.2, -0.15) is 0 Å². The molecule has 23 heavy (non-hydrogen) atoms. The van der Waals surface area contributed by atoms with E-state index in [-0.39, 0.29) is 24.2 Å². The second-order valence-electron chi connectivity index (χ2n) is 6.03. The lowest BCUT2D eigenvalue weighted by Crippen LogP contribution is -2.26. The van der Waals surface area contributed by atoms with Gasteiger partial charge in [-0.3, -0.25) is 9.59 Å². The molecule has 2 heterocycles. The molecule has 1 aliphatic rings. The van der Waals surface area contributed by atoms with Crippen molar-refractivity contribution in [1.82, 2.24) is 10.3 Å². The number of rotatable bonds is 3. The number of fused-ring (bicyclic) bond motifs is 3. The van der Waals surface area contributed by atoms with Gasteiger partial charge in [0.15, 0.2) is 5.78 Å². The molecule has 3 rings (SSSR count). The normalized spacial score (nSPS) is 17.6. The van der Waals surface area contributed by atoms with E-state index in [2.05, 4.69) is 10.3 Å². The molecule has 1 aromatic heterocycles. The highest BCUT2D eigenvalue weighted by atomic mass is 35.5. The van der Waals surface area contributed by atoms with E-state index >= 15 is 0 Å². The molecule has 0 saturated heterocycles. The average molecular weight is 335 g/mol. The number of H-pyrrole nitrogens is 1. The smallest absolute Gasteiger partial charge is 0.227 e. The molecule has 1 aliphatic heterocycles. The summed E-state index contributed by atoms with van der Waals surface area (Å²) in [5.41, 5.74) is 3.55. The summed E-state index contributed by atoms with van der Waals surface area (Å²) in [7, 11) is 0. The molecule has 6 heteroatoms. The van der Waals surface area contributed by atoms with Gasteiger partial charge in [-0.25, -0.2) is 0 Å². The Morgan fingerprint density at radius 2 is 2.22 bits per heavy atom. The Hall–Kier alpha value is -2.01. The van der Waals surface area contributed by atoms with Gasteiger partial charge in [0.25, 0.3) is 0 Å². The van der Waals surface area contributed by atoms with Gasteiger partial charge < -0.3 is 15.0 Å². The van der Waals surface area contributed by atoms with E-state index in [0.717, 1.165) is 27.7 Å². The van der Waals surface area contributed by atoms with E-state index in [4.69, 9.17) is 16.3 Å². The molecule has 1 unspecified atom stereocenters. The number of halogens is 1. The molecule has 2 N–H and O–H groups in total. The van der Waals surface area contributed by atoms with Crippen LogP contribution in [-0.4, -0.2) is 29.8 Å². The van der Waals surface area contributed by atoms with E-state index in [1.807, 2.05) is 19.9 Å². The first-order valence-electron chi connectivity index (χ1n) is 7.63. The van der Waals surface area contributed by atoms with Gasteiger partial charge in [-0.05, 0) is 38.0 Å². The van der Waals surface area contributed by atoms with Crippen molar-refractivity contribution in [1.29, 1.82) is 0 Å². The van der Waals surface area contributed by atoms with Crippen molar-refractivity contribution in [2.24, 2.45) is 0 Å². The fourth-order valence-electron chi connectivity index (χ4n) is 3.08. The second kappa shape index (κ2) is 5.89. The minimum atomic E-state index is -0.306. The van der Waals surface area contributed by atoms with Crippen LogP contribution in [0.15, 0.2) is 6.07 Å². The predicted molar refractivity (Wildman–Crippen MR) is 89.4 cm³/mol. The first-order valence-corrected chi connectivity index (χ1v) is 8.01. The molecule has 1 atom stereocenters. The number of aryl methyl sites for hydroxylation is 1. The minimum Gasteiger partial charge on any atom is -0.485 e. The summed E-state index contributed by atoms with van der Waals surface area (Å²) in [5, 5.41) is 4.33. The highest BCUT2D eigenvalue weighted by Gasteiger charge is 2.28. The van der Waals surface area contributed by atoms with E-state index in [0.29, 0.717) is 23.7 Å². The van der Waals surface area contributed by atoms with Crippen molar-refractivity contribution in [2.75, 3.05) is 13.2 Å². The number of ketones is 1. The van der Waals surface area contributed by atoms with Crippen LogP contribution < -0.4 is 10.1 Å². The number of carbonyl (C=O) groups is 2. The maximum absolute atomic E-state index is 12.2. The number of hydrogen-bond acceptors (Lipinski definition) is 3. The van der Waals surface area contributed by atoms with Crippen LogP contribution in [-0.2, 0) is 16.0 Å². The number of carbonyl (C=O) groups excluding carboxylic acids is 2. The van der Waals surface area contributed by atoms with Crippen molar-refractivity contribution in [3.05, 3.63) is 27.9 Å². The van der Waals surface area contributed by atoms with E-state index in [1.54, 1.807) is 0 Å². The quantitative estimate of drug-likeness (QED) is 0.906. The molecule has 0 radical (unpaired) electrons. The Balaban J connectivity index is 2.27. The lowest BCUT2D eigenvalue weighted by atomic mass is 9.96. The van der Waals surface area contributed by atoms with Crippen LogP contribution in [0.1, 0.15) is 36.6 Å². The summed E-state index contributed by atoms with van der Waals surface area (Å²) in [5.74, 6) is 0.216. The fourth-order valence-corrected chi connectivity index (χ4v) is 3.28. The number of Topliss-reactive ketones (excluding diaryl/α,β-unsaturated/α-hetero) is 1. The van der Waals surface area contributed by atoms with Crippen LogP contribution in [0.3, 0.4) is 0 Å². The Bertz CT molecular complexity index is 810. The Labute approximate surface area is 139 Å². The van der Waals surface area contributed by atoms with Crippen LogP contribution in [0, 0.1) is 6.92 Å². The van der Waals surface area contributed by atoms with Crippen molar-refractivity contribution >= 4 is 34.2 Å². The Kier molecular flexibility index (Phi) is 4.06. The third-order valence-corrected chi connectivity index (χ3v) is 4.70. The zero-order valence-corrected chi connectivity index (χ0v) is 14.1. The predicted octanol–water partition coefficient (Wildman–Crippen LogP) is 2.87. The van der Waals surface area contributed by atoms with Crippen LogP contribution in [0.5, 0.6) is 5.75 Å². The zero-order chi connectivity index (χ0) is 16.7. The molecule has 122 valence electrons. The molecule has 1 aromatic carbocycles. The van der Waals surface area contributed by atoms with E-state index < -0.39 is 0 Å². The monoisotopic (exact) mass is 334 g/mol. The lowest BCUT2D eigenvalue weighted by molar-refractivity contribution is -0.122. The van der Waals surface area contributed by atoms with Gasteiger partial charge >= 0.3 is 0 Å². The number of aromatic nitrogens is 1. The Morgan fingerprint density at radius 1 is 1.48 bits per heavy atom. The van der Waals surface area contributed by atoms with Gasteiger partial charge in [0.05, 0.1) is 16.5 Å². The van der Waals surface area contributed by atoms with Gasteiger partial charge in [-0.1, -0.05) is 11.6 Å². The topological polar surface area (TPSA) is 71.2 Å². The average Bonchev–Trinajstić information content (AvgIpc) is 2.82. The number of aromatic amines is 1. The SMILES string of the molecule is CC(=O)COc1cc(C)c(Cl)c2[nH]c3c(c12)C(C)C(=O)NCC3. The Morgan fingerprint density at radius 3 is 2.91 bits per heavy atom. The molecule has 1 amide bonds. The van der Waals surface area contributed by atoms with Crippen molar-refractivity contribution in [2.45, 2.75) is 33.1 Å².